The molecule has 0 atom stereocenters. The third-order valence-electron chi connectivity index (χ3n) is 3.13. The summed E-state index contributed by atoms with van der Waals surface area (Å²) < 4.78 is 0. The molecule has 3 N–H and O–H groups in total. The van der Waals surface area contributed by atoms with Crippen LogP contribution in [0.2, 0.25) is 0 Å². The van der Waals surface area contributed by atoms with Crippen LogP contribution in [0.3, 0.4) is 0 Å². The second kappa shape index (κ2) is 4.72. The smallest absolute Gasteiger partial charge is 0.126 e. The first-order chi connectivity index (χ1) is 8.50. The lowest BCUT2D eigenvalue weighted by Gasteiger charge is -2.19. The van der Waals surface area contributed by atoms with Gasteiger partial charge in [-0.25, -0.2) is 0 Å². The quantitative estimate of drug-likeness (QED) is 0.872. The standard InChI is InChI=1S/C14H20N4/c1-9(2)10-5-6-13(18(3)4)11(7-10)12-8-16-17-14(12)15/h5-9H,1-4H3,(H3,15,16,17). The van der Waals surface area contributed by atoms with Crippen molar-refractivity contribution in [2.75, 3.05) is 24.7 Å². The van der Waals surface area contributed by atoms with Crippen molar-refractivity contribution in [3.8, 4) is 11.1 Å². The molecule has 4 heteroatoms. The van der Waals surface area contributed by atoms with Gasteiger partial charge in [0.05, 0.1) is 6.20 Å². The Morgan fingerprint density at radius 3 is 2.44 bits per heavy atom. The van der Waals surface area contributed by atoms with Crippen molar-refractivity contribution in [2.45, 2.75) is 19.8 Å². The highest BCUT2D eigenvalue weighted by molar-refractivity contribution is 5.84. The number of rotatable bonds is 3. The number of hydrogen-bond acceptors (Lipinski definition) is 3. The van der Waals surface area contributed by atoms with E-state index in [0.29, 0.717) is 11.7 Å². The van der Waals surface area contributed by atoms with Crippen LogP contribution >= 0.6 is 0 Å². The average Bonchev–Trinajstić information content (AvgIpc) is 2.74. The number of nitrogens with one attached hydrogen (secondary N) is 1. The van der Waals surface area contributed by atoms with Crippen molar-refractivity contribution < 1.29 is 0 Å². The van der Waals surface area contributed by atoms with Crippen LogP contribution in [0.4, 0.5) is 11.5 Å². The van der Waals surface area contributed by atoms with E-state index in [4.69, 9.17) is 5.73 Å². The van der Waals surface area contributed by atoms with Gasteiger partial charge in [-0.2, -0.15) is 5.10 Å². The van der Waals surface area contributed by atoms with Crippen molar-refractivity contribution in [2.24, 2.45) is 0 Å². The highest BCUT2D eigenvalue weighted by atomic mass is 15.1. The number of nitrogen functional groups attached to an aromatic ring is 1. The predicted molar refractivity (Wildman–Crippen MR) is 76.9 cm³/mol. The molecule has 0 aliphatic rings. The molecule has 0 radical (unpaired) electrons. The lowest BCUT2D eigenvalue weighted by molar-refractivity contribution is 0.866. The fraction of sp³-hybridized carbons (Fsp3) is 0.357. The number of nitrogens with two attached hydrogens (primary N) is 1. The van der Waals surface area contributed by atoms with Gasteiger partial charge in [0.15, 0.2) is 0 Å². The van der Waals surface area contributed by atoms with Crippen LogP contribution in [0, 0.1) is 0 Å². The maximum atomic E-state index is 5.93. The fourth-order valence-corrected chi connectivity index (χ4v) is 2.03. The molecule has 0 fully saturated rings. The topological polar surface area (TPSA) is 57.9 Å². The van der Waals surface area contributed by atoms with E-state index in [1.165, 1.54) is 5.56 Å². The molecule has 1 aromatic carbocycles. The molecule has 4 nitrogen and oxygen atoms in total. The molecule has 0 amide bonds. The van der Waals surface area contributed by atoms with Gasteiger partial charge in [-0.05, 0) is 23.6 Å². The van der Waals surface area contributed by atoms with E-state index in [1.54, 1.807) is 6.20 Å². The average molecular weight is 244 g/mol. The van der Waals surface area contributed by atoms with Gasteiger partial charge in [0.25, 0.3) is 0 Å². The molecule has 2 rings (SSSR count). The molecule has 18 heavy (non-hydrogen) atoms. The van der Waals surface area contributed by atoms with E-state index in [1.807, 2.05) is 14.1 Å². The molecule has 1 heterocycles. The Labute approximate surface area is 108 Å². The SMILES string of the molecule is CC(C)c1ccc(N(C)C)c(-c2cn[nH]c2N)c1. The zero-order valence-corrected chi connectivity index (χ0v) is 11.4. The predicted octanol–water partition coefficient (Wildman–Crippen LogP) is 2.85. The first kappa shape index (κ1) is 12.5. The van der Waals surface area contributed by atoms with Crippen LogP contribution in [0.5, 0.6) is 0 Å². The minimum absolute atomic E-state index is 0.494. The largest absolute Gasteiger partial charge is 0.384 e. The summed E-state index contributed by atoms with van der Waals surface area (Å²) in [6.45, 7) is 4.38. The lowest BCUT2D eigenvalue weighted by Crippen LogP contribution is -2.10. The Morgan fingerprint density at radius 2 is 1.94 bits per heavy atom. The van der Waals surface area contributed by atoms with Crippen molar-refractivity contribution in [1.29, 1.82) is 0 Å². The van der Waals surface area contributed by atoms with Gasteiger partial charge in [-0.1, -0.05) is 19.9 Å². The van der Waals surface area contributed by atoms with Gasteiger partial charge >= 0.3 is 0 Å². The first-order valence-electron chi connectivity index (χ1n) is 6.11. The maximum Gasteiger partial charge on any atom is 0.126 e. The van der Waals surface area contributed by atoms with Gasteiger partial charge in [-0.3, -0.25) is 5.10 Å². The molecule has 0 unspecified atom stereocenters. The van der Waals surface area contributed by atoms with Crippen LogP contribution in [0.1, 0.15) is 25.3 Å². The maximum absolute atomic E-state index is 5.93. The van der Waals surface area contributed by atoms with Crippen LogP contribution in [0.15, 0.2) is 24.4 Å². The van der Waals surface area contributed by atoms with E-state index in [-0.39, 0.29) is 0 Å². The Morgan fingerprint density at radius 1 is 1.22 bits per heavy atom. The molecule has 0 aliphatic carbocycles. The summed E-state index contributed by atoms with van der Waals surface area (Å²) in [6, 6.07) is 6.50. The second-order valence-corrected chi connectivity index (χ2v) is 5.02. The Kier molecular flexibility index (Phi) is 3.28. The third-order valence-corrected chi connectivity index (χ3v) is 3.13. The zero-order valence-electron chi connectivity index (χ0n) is 11.4. The van der Waals surface area contributed by atoms with Gasteiger partial charge in [0, 0.05) is 30.9 Å². The van der Waals surface area contributed by atoms with Gasteiger partial charge in [0.2, 0.25) is 0 Å². The van der Waals surface area contributed by atoms with E-state index >= 15 is 0 Å². The van der Waals surface area contributed by atoms with Gasteiger partial charge in [-0.15, -0.1) is 0 Å². The van der Waals surface area contributed by atoms with E-state index in [2.05, 4.69) is 47.1 Å². The minimum atomic E-state index is 0.494. The zero-order chi connectivity index (χ0) is 13.3. The number of aromatic nitrogens is 2. The summed E-state index contributed by atoms with van der Waals surface area (Å²) in [7, 11) is 4.06. The van der Waals surface area contributed by atoms with E-state index < -0.39 is 0 Å². The normalized spacial score (nSPS) is 10.9. The number of H-pyrrole nitrogens is 1. The molecule has 0 aliphatic heterocycles. The molecule has 0 saturated carbocycles. The molecule has 0 saturated heterocycles. The second-order valence-electron chi connectivity index (χ2n) is 5.02. The first-order valence-corrected chi connectivity index (χ1v) is 6.11. The number of hydrogen-bond donors (Lipinski definition) is 2. The minimum Gasteiger partial charge on any atom is -0.384 e. The Bertz CT molecular complexity index is 540. The molecule has 0 bridgehead atoms. The van der Waals surface area contributed by atoms with Crippen molar-refractivity contribution in [3.63, 3.8) is 0 Å². The van der Waals surface area contributed by atoms with Crippen molar-refractivity contribution in [1.82, 2.24) is 10.2 Å². The Hall–Kier alpha value is -1.97. The summed E-state index contributed by atoms with van der Waals surface area (Å²) in [5.74, 6) is 1.10. The molecule has 96 valence electrons. The van der Waals surface area contributed by atoms with Crippen LogP contribution in [-0.4, -0.2) is 24.3 Å². The molecular formula is C14H20N4. The molecule has 0 spiro atoms. The van der Waals surface area contributed by atoms with Crippen LogP contribution < -0.4 is 10.6 Å². The summed E-state index contributed by atoms with van der Waals surface area (Å²) in [6.07, 6.45) is 1.78. The van der Waals surface area contributed by atoms with Gasteiger partial charge in [0.1, 0.15) is 5.82 Å². The summed E-state index contributed by atoms with van der Waals surface area (Å²) >= 11 is 0. The lowest BCUT2D eigenvalue weighted by atomic mass is 9.96. The number of benzene rings is 1. The number of anilines is 2. The van der Waals surface area contributed by atoms with Crippen LogP contribution in [-0.2, 0) is 0 Å². The number of nitrogens with zero attached hydrogens (tertiary/aromatic N) is 2. The number of aromatic amines is 1. The van der Waals surface area contributed by atoms with Crippen LogP contribution in [0.25, 0.3) is 11.1 Å². The summed E-state index contributed by atoms with van der Waals surface area (Å²) in [4.78, 5) is 2.09. The summed E-state index contributed by atoms with van der Waals surface area (Å²) in [5.41, 5.74) is 10.5. The third kappa shape index (κ3) is 2.18. The highest BCUT2D eigenvalue weighted by Crippen LogP contribution is 2.34. The fourth-order valence-electron chi connectivity index (χ4n) is 2.03. The molecular weight excluding hydrogens is 224 g/mol. The van der Waals surface area contributed by atoms with Crippen molar-refractivity contribution >= 4 is 11.5 Å². The molecule has 1 aromatic heterocycles. The van der Waals surface area contributed by atoms with E-state index in [0.717, 1.165) is 16.8 Å². The van der Waals surface area contributed by atoms with E-state index in [9.17, 15) is 0 Å². The molecule has 2 aromatic rings. The highest BCUT2D eigenvalue weighted by Gasteiger charge is 2.13. The van der Waals surface area contributed by atoms with Gasteiger partial charge < -0.3 is 10.6 Å². The summed E-state index contributed by atoms with van der Waals surface area (Å²) in [5, 5.41) is 6.80. The van der Waals surface area contributed by atoms with Crippen molar-refractivity contribution in [3.05, 3.63) is 30.0 Å². The Balaban J connectivity index is 2.61. The monoisotopic (exact) mass is 244 g/mol.